The number of ether oxygens (including phenoxy) is 1. The summed E-state index contributed by atoms with van der Waals surface area (Å²) in [5.41, 5.74) is 2.24. The average molecular weight is 559 g/mol. The van der Waals surface area contributed by atoms with Crippen molar-refractivity contribution in [3.05, 3.63) is 94.5 Å². The first-order valence-electron chi connectivity index (χ1n) is 11.1. The number of aryl methyl sites for hydroxylation is 1. The third-order valence-corrected chi connectivity index (χ3v) is 7.19. The second-order valence-electron chi connectivity index (χ2n) is 7.82. The molecule has 0 aromatic heterocycles. The minimum absolute atomic E-state index is 0.0709. The maximum Gasteiger partial charge on any atom is 0.310 e. The van der Waals surface area contributed by atoms with Crippen LogP contribution in [0.25, 0.3) is 0 Å². The summed E-state index contributed by atoms with van der Waals surface area (Å²) < 4.78 is 34.2. The molecule has 7 nitrogen and oxygen atoms in total. The lowest BCUT2D eigenvalue weighted by molar-refractivity contribution is -0.142. The molecule has 0 saturated heterocycles. The van der Waals surface area contributed by atoms with Gasteiger partial charge in [-0.25, -0.2) is 8.42 Å². The molecule has 3 aromatic carbocycles. The van der Waals surface area contributed by atoms with Crippen molar-refractivity contribution in [2.24, 2.45) is 0 Å². The second-order valence-corrected chi connectivity index (χ2v) is 10.4. The smallest absolute Gasteiger partial charge is 0.310 e. The van der Waals surface area contributed by atoms with Crippen LogP contribution in [0.1, 0.15) is 24.5 Å². The molecule has 3 rings (SSSR count). The van der Waals surface area contributed by atoms with Gasteiger partial charge in [0.25, 0.3) is 0 Å². The van der Waals surface area contributed by atoms with Crippen LogP contribution in [-0.2, 0) is 37.2 Å². The first kappa shape index (κ1) is 26.6. The van der Waals surface area contributed by atoms with Gasteiger partial charge in [0.2, 0.25) is 15.9 Å². The van der Waals surface area contributed by atoms with Crippen LogP contribution >= 0.6 is 15.9 Å². The van der Waals surface area contributed by atoms with Crippen LogP contribution in [0.3, 0.4) is 0 Å². The lowest BCUT2D eigenvalue weighted by Gasteiger charge is -2.19. The second kappa shape index (κ2) is 12.6. The molecular weight excluding hydrogens is 532 g/mol. The Morgan fingerprint density at radius 3 is 2.20 bits per heavy atom. The SMILES string of the molecule is CCOC(=O)Cc1ccc(NC(=O)C(CCc2ccccc2)NS(=O)(=O)c2ccc(Br)cc2)cc1. The fraction of sp³-hybridized carbons (Fsp3) is 0.231. The Kier molecular flexibility index (Phi) is 9.59. The van der Waals surface area contributed by atoms with Gasteiger partial charge in [0, 0.05) is 10.2 Å². The number of carbonyl (C=O) groups excluding carboxylic acids is 2. The number of hydrogen-bond acceptors (Lipinski definition) is 5. The topological polar surface area (TPSA) is 102 Å². The largest absolute Gasteiger partial charge is 0.466 e. The molecule has 35 heavy (non-hydrogen) atoms. The number of rotatable bonds is 11. The minimum atomic E-state index is -3.93. The zero-order chi connectivity index (χ0) is 25.3. The quantitative estimate of drug-likeness (QED) is 0.338. The van der Waals surface area contributed by atoms with Crippen molar-refractivity contribution in [1.29, 1.82) is 0 Å². The lowest BCUT2D eigenvalue weighted by atomic mass is 10.1. The molecule has 0 radical (unpaired) electrons. The molecule has 0 heterocycles. The summed E-state index contributed by atoms with van der Waals surface area (Å²) in [5, 5.41) is 2.78. The summed E-state index contributed by atoms with van der Waals surface area (Å²) in [6, 6.07) is 21.5. The molecule has 0 bridgehead atoms. The molecule has 0 spiro atoms. The third kappa shape index (κ3) is 8.31. The van der Waals surface area contributed by atoms with Crippen molar-refractivity contribution in [1.82, 2.24) is 4.72 Å². The molecular formula is C26H27BrN2O5S. The highest BCUT2D eigenvalue weighted by Gasteiger charge is 2.26. The van der Waals surface area contributed by atoms with Crippen LogP contribution in [0.5, 0.6) is 0 Å². The summed E-state index contributed by atoms with van der Waals surface area (Å²) in [5.74, 6) is -0.799. The van der Waals surface area contributed by atoms with E-state index in [-0.39, 0.29) is 23.7 Å². The predicted molar refractivity (Wildman–Crippen MR) is 138 cm³/mol. The molecule has 2 N–H and O–H groups in total. The van der Waals surface area contributed by atoms with E-state index in [1.165, 1.54) is 12.1 Å². The van der Waals surface area contributed by atoms with E-state index in [4.69, 9.17) is 4.74 Å². The maximum atomic E-state index is 13.1. The fourth-order valence-electron chi connectivity index (χ4n) is 3.38. The molecule has 0 fully saturated rings. The van der Waals surface area contributed by atoms with Gasteiger partial charge >= 0.3 is 5.97 Å². The molecule has 1 atom stereocenters. The summed E-state index contributed by atoms with van der Waals surface area (Å²) >= 11 is 3.29. The van der Waals surface area contributed by atoms with Gasteiger partial charge in [-0.05, 0) is 67.3 Å². The Balaban J connectivity index is 1.74. The van der Waals surface area contributed by atoms with E-state index in [0.717, 1.165) is 15.6 Å². The van der Waals surface area contributed by atoms with Gasteiger partial charge in [0.1, 0.15) is 6.04 Å². The first-order chi connectivity index (χ1) is 16.8. The Morgan fingerprint density at radius 2 is 1.57 bits per heavy atom. The van der Waals surface area contributed by atoms with E-state index in [9.17, 15) is 18.0 Å². The Morgan fingerprint density at radius 1 is 0.914 bits per heavy atom. The number of amides is 1. The van der Waals surface area contributed by atoms with E-state index >= 15 is 0 Å². The van der Waals surface area contributed by atoms with Crippen molar-refractivity contribution >= 4 is 43.5 Å². The molecule has 1 amide bonds. The van der Waals surface area contributed by atoms with Gasteiger partial charge in [0.05, 0.1) is 17.9 Å². The van der Waals surface area contributed by atoms with Crippen molar-refractivity contribution in [2.75, 3.05) is 11.9 Å². The summed E-state index contributed by atoms with van der Waals surface area (Å²) in [6.45, 7) is 2.06. The molecule has 9 heteroatoms. The molecule has 0 saturated carbocycles. The van der Waals surface area contributed by atoms with E-state index in [2.05, 4.69) is 26.0 Å². The van der Waals surface area contributed by atoms with Crippen LogP contribution in [0, 0.1) is 0 Å². The molecule has 0 aliphatic carbocycles. The summed E-state index contributed by atoms with van der Waals surface area (Å²) in [6.07, 6.45) is 0.918. The number of hydrogen-bond donors (Lipinski definition) is 2. The number of sulfonamides is 1. The Labute approximate surface area is 214 Å². The fourth-order valence-corrected chi connectivity index (χ4v) is 4.88. The van der Waals surface area contributed by atoms with Gasteiger partial charge in [0.15, 0.2) is 0 Å². The number of benzene rings is 3. The lowest BCUT2D eigenvalue weighted by Crippen LogP contribution is -2.44. The number of halogens is 1. The summed E-state index contributed by atoms with van der Waals surface area (Å²) in [4.78, 5) is 24.9. The van der Waals surface area contributed by atoms with Crippen molar-refractivity contribution in [3.63, 3.8) is 0 Å². The van der Waals surface area contributed by atoms with E-state index in [0.29, 0.717) is 18.7 Å². The van der Waals surface area contributed by atoms with Crippen LogP contribution < -0.4 is 10.0 Å². The molecule has 0 aliphatic rings. The Bertz CT molecular complexity index is 1230. The van der Waals surface area contributed by atoms with E-state index < -0.39 is 22.0 Å². The van der Waals surface area contributed by atoms with Gasteiger partial charge in [-0.1, -0.05) is 58.4 Å². The number of carbonyl (C=O) groups is 2. The third-order valence-electron chi connectivity index (χ3n) is 5.18. The van der Waals surface area contributed by atoms with Gasteiger partial charge in [-0.2, -0.15) is 4.72 Å². The standard InChI is InChI=1S/C26H27BrN2O5S/c1-2-34-25(30)18-20-8-13-22(14-9-20)28-26(31)24(17-10-19-6-4-3-5-7-19)29-35(32,33)23-15-11-21(27)12-16-23/h3-9,11-16,24,29H,2,10,17-18H2,1H3,(H,28,31). The van der Waals surface area contributed by atoms with Gasteiger partial charge < -0.3 is 10.1 Å². The molecule has 1 unspecified atom stereocenters. The predicted octanol–water partition coefficient (Wildman–Crippen LogP) is 4.47. The first-order valence-corrected chi connectivity index (χ1v) is 13.4. The number of esters is 1. The van der Waals surface area contributed by atoms with E-state index in [1.54, 1.807) is 43.3 Å². The summed E-state index contributed by atoms with van der Waals surface area (Å²) in [7, 11) is -3.93. The van der Waals surface area contributed by atoms with Gasteiger partial charge in [-0.15, -0.1) is 0 Å². The van der Waals surface area contributed by atoms with Crippen molar-refractivity contribution in [2.45, 2.75) is 37.1 Å². The van der Waals surface area contributed by atoms with Crippen molar-refractivity contribution in [3.8, 4) is 0 Å². The van der Waals surface area contributed by atoms with Crippen LogP contribution in [0.4, 0.5) is 5.69 Å². The highest BCUT2D eigenvalue weighted by Crippen LogP contribution is 2.17. The van der Waals surface area contributed by atoms with Crippen LogP contribution in [-0.4, -0.2) is 32.9 Å². The highest BCUT2D eigenvalue weighted by atomic mass is 79.9. The average Bonchev–Trinajstić information content (AvgIpc) is 2.84. The molecule has 184 valence electrons. The zero-order valence-electron chi connectivity index (χ0n) is 19.2. The number of nitrogens with one attached hydrogen (secondary N) is 2. The van der Waals surface area contributed by atoms with Crippen LogP contribution in [0.15, 0.2) is 88.2 Å². The maximum absolute atomic E-state index is 13.1. The van der Waals surface area contributed by atoms with Crippen molar-refractivity contribution < 1.29 is 22.7 Å². The highest BCUT2D eigenvalue weighted by molar-refractivity contribution is 9.10. The van der Waals surface area contributed by atoms with E-state index in [1.807, 2.05) is 30.3 Å². The van der Waals surface area contributed by atoms with Gasteiger partial charge in [-0.3, -0.25) is 9.59 Å². The molecule has 3 aromatic rings. The normalized spacial score (nSPS) is 12.1. The molecule has 0 aliphatic heterocycles. The zero-order valence-corrected chi connectivity index (χ0v) is 21.6. The monoisotopic (exact) mass is 558 g/mol. The van der Waals surface area contributed by atoms with Crippen LogP contribution in [0.2, 0.25) is 0 Å². The minimum Gasteiger partial charge on any atom is -0.466 e. The Hall–Kier alpha value is -3.01. The number of anilines is 1.